The van der Waals surface area contributed by atoms with Crippen molar-refractivity contribution in [3.63, 3.8) is 0 Å². The van der Waals surface area contributed by atoms with E-state index in [2.05, 4.69) is 89.5 Å². The number of fused-ring (bicyclic) bond motifs is 6. The van der Waals surface area contributed by atoms with Crippen molar-refractivity contribution in [3.8, 4) is 39.9 Å². The van der Waals surface area contributed by atoms with Crippen LogP contribution in [0.5, 0.6) is 0 Å². The fourth-order valence-corrected chi connectivity index (χ4v) is 7.30. The molecule has 5 heteroatoms. The molecule has 3 heterocycles. The first-order valence-corrected chi connectivity index (χ1v) is 15.4. The molecule has 0 unspecified atom stereocenters. The first-order chi connectivity index (χ1) is 21.8. The van der Waals surface area contributed by atoms with Crippen molar-refractivity contribution in [1.82, 2.24) is 19.5 Å². The van der Waals surface area contributed by atoms with Crippen molar-refractivity contribution in [3.05, 3.63) is 146 Å². The second-order valence-electron chi connectivity index (χ2n) is 10.9. The van der Waals surface area contributed by atoms with Crippen LogP contribution in [-0.2, 0) is 0 Å². The normalized spacial score (nSPS) is 11.6. The number of hydrogen-bond donors (Lipinski definition) is 0. The van der Waals surface area contributed by atoms with Crippen molar-refractivity contribution in [2.24, 2.45) is 0 Å². The van der Waals surface area contributed by atoms with E-state index in [1.165, 1.54) is 47.7 Å². The third-order valence-electron chi connectivity index (χ3n) is 8.25. The van der Waals surface area contributed by atoms with Crippen molar-refractivity contribution in [1.29, 1.82) is 0 Å². The maximum atomic E-state index is 4.95. The Hall–Kier alpha value is -5.65. The Labute approximate surface area is 257 Å². The number of thiophene rings is 1. The van der Waals surface area contributed by atoms with E-state index in [0.29, 0.717) is 17.5 Å². The summed E-state index contributed by atoms with van der Waals surface area (Å²) in [6, 6.07) is 50.9. The van der Waals surface area contributed by atoms with Crippen LogP contribution in [-0.4, -0.2) is 19.5 Å². The monoisotopic (exact) mass is 580 g/mol. The third kappa shape index (κ3) is 4.02. The van der Waals surface area contributed by atoms with Gasteiger partial charge in [-0.3, -0.25) is 0 Å². The van der Waals surface area contributed by atoms with Crippen molar-refractivity contribution in [2.45, 2.75) is 0 Å². The number of benzene rings is 6. The predicted molar refractivity (Wildman–Crippen MR) is 183 cm³/mol. The van der Waals surface area contributed by atoms with Crippen molar-refractivity contribution >= 4 is 53.3 Å². The highest BCUT2D eigenvalue weighted by Gasteiger charge is 2.16. The molecule has 6 aromatic carbocycles. The highest BCUT2D eigenvalue weighted by Crippen LogP contribution is 2.39. The lowest BCUT2D eigenvalue weighted by Gasteiger charge is -2.09. The van der Waals surface area contributed by atoms with Crippen LogP contribution < -0.4 is 0 Å². The Balaban J connectivity index is 1.20. The SMILES string of the molecule is c1ccc(-c2nc(-c3ccccc3)nc(-c3ccc4sc5cc(-n6c7ccccc7c7ccccc76)ccc5c4c3)n2)cc1. The minimum Gasteiger partial charge on any atom is -0.309 e. The summed E-state index contributed by atoms with van der Waals surface area (Å²) in [4.78, 5) is 14.8. The lowest BCUT2D eigenvalue weighted by Crippen LogP contribution is -2.00. The zero-order valence-electron chi connectivity index (χ0n) is 23.6. The van der Waals surface area contributed by atoms with Crippen LogP contribution in [0.2, 0.25) is 0 Å². The molecular weight excluding hydrogens is 557 g/mol. The average Bonchev–Trinajstić information content (AvgIpc) is 3.63. The molecule has 0 radical (unpaired) electrons. The molecular formula is C39H24N4S. The number of rotatable bonds is 4. The standard InChI is InChI=1S/C39H24N4S/c1-3-11-25(12-4-1)37-40-38(26-13-5-2-6-14-26)42-39(41-37)27-19-22-35-32(23-27)31-21-20-28(24-36(31)44-35)43-33-17-9-7-15-29(33)30-16-8-10-18-34(30)43/h1-24H. The van der Waals surface area contributed by atoms with Crippen molar-refractivity contribution in [2.75, 3.05) is 0 Å². The number of para-hydroxylation sites is 2. The lowest BCUT2D eigenvalue weighted by atomic mass is 10.1. The van der Waals surface area contributed by atoms with Crippen LogP contribution >= 0.6 is 11.3 Å². The van der Waals surface area contributed by atoms with Crippen LogP contribution in [0.1, 0.15) is 0 Å². The van der Waals surface area contributed by atoms with Crippen LogP contribution in [0.3, 0.4) is 0 Å². The lowest BCUT2D eigenvalue weighted by molar-refractivity contribution is 1.07. The summed E-state index contributed by atoms with van der Waals surface area (Å²) >= 11 is 1.82. The largest absolute Gasteiger partial charge is 0.309 e. The van der Waals surface area contributed by atoms with Gasteiger partial charge in [0, 0.05) is 53.3 Å². The van der Waals surface area contributed by atoms with Crippen LogP contribution in [0.15, 0.2) is 146 Å². The molecule has 44 heavy (non-hydrogen) atoms. The quantitative estimate of drug-likeness (QED) is 0.208. The van der Waals surface area contributed by atoms with Crippen LogP contribution in [0.4, 0.5) is 0 Å². The van der Waals surface area contributed by atoms with Crippen molar-refractivity contribution < 1.29 is 0 Å². The zero-order valence-corrected chi connectivity index (χ0v) is 24.4. The number of nitrogens with zero attached hydrogens (tertiary/aromatic N) is 4. The van der Waals surface area contributed by atoms with E-state index in [-0.39, 0.29) is 0 Å². The topological polar surface area (TPSA) is 43.6 Å². The fraction of sp³-hybridized carbons (Fsp3) is 0. The van der Waals surface area contributed by atoms with Gasteiger partial charge < -0.3 is 4.57 Å². The van der Waals surface area contributed by atoms with E-state index >= 15 is 0 Å². The summed E-state index contributed by atoms with van der Waals surface area (Å²) in [6.45, 7) is 0. The second-order valence-corrected chi connectivity index (χ2v) is 12.0. The Morgan fingerprint density at radius 1 is 0.386 bits per heavy atom. The Bertz CT molecular complexity index is 2380. The van der Waals surface area contributed by atoms with E-state index in [0.717, 1.165) is 16.7 Å². The van der Waals surface area contributed by atoms with Gasteiger partial charge in [-0.1, -0.05) is 103 Å². The fourth-order valence-electron chi connectivity index (χ4n) is 6.18. The van der Waals surface area contributed by atoms with E-state index in [1.807, 2.05) is 72.0 Å². The Morgan fingerprint density at radius 2 is 0.932 bits per heavy atom. The summed E-state index contributed by atoms with van der Waals surface area (Å²) in [6.07, 6.45) is 0. The van der Waals surface area contributed by atoms with Crippen LogP contribution in [0, 0.1) is 0 Å². The van der Waals surface area contributed by atoms with Gasteiger partial charge in [-0.15, -0.1) is 11.3 Å². The van der Waals surface area contributed by atoms with Gasteiger partial charge in [-0.2, -0.15) is 0 Å². The summed E-state index contributed by atoms with van der Waals surface area (Å²) in [7, 11) is 0. The maximum absolute atomic E-state index is 4.95. The molecule has 9 rings (SSSR count). The highest BCUT2D eigenvalue weighted by molar-refractivity contribution is 7.25. The molecule has 0 aliphatic carbocycles. The highest BCUT2D eigenvalue weighted by atomic mass is 32.1. The molecule has 0 saturated heterocycles. The van der Waals surface area contributed by atoms with E-state index < -0.39 is 0 Å². The first kappa shape index (κ1) is 24.9. The van der Waals surface area contributed by atoms with Gasteiger partial charge >= 0.3 is 0 Å². The minimum absolute atomic E-state index is 0.667. The maximum Gasteiger partial charge on any atom is 0.164 e. The Morgan fingerprint density at radius 3 is 1.55 bits per heavy atom. The molecule has 4 nitrogen and oxygen atoms in total. The van der Waals surface area contributed by atoms with Gasteiger partial charge in [0.1, 0.15) is 0 Å². The molecule has 0 amide bonds. The molecule has 0 spiro atoms. The third-order valence-corrected chi connectivity index (χ3v) is 9.38. The van der Waals surface area contributed by atoms with Gasteiger partial charge in [0.2, 0.25) is 0 Å². The summed E-state index contributed by atoms with van der Waals surface area (Å²) < 4.78 is 4.87. The molecule has 206 valence electrons. The van der Waals surface area contributed by atoms with Gasteiger partial charge in [-0.05, 0) is 42.5 Å². The summed E-state index contributed by atoms with van der Waals surface area (Å²) in [5.74, 6) is 2.00. The van der Waals surface area contributed by atoms with Crippen LogP contribution in [0.25, 0.3) is 81.8 Å². The van der Waals surface area contributed by atoms with Gasteiger partial charge in [0.25, 0.3) is 0 Å². The average molecular weight is 581 g/mol. The molecule has 0 atom stereocenters. The predicted octanol–water partition coefficient (Wildman–Crippen LogP) is 10.3. The van der Waals surface area contributed by atoms with E-state index in [9.17, 15) is 0 Å². The number of aromatic nitrogens is 4. The zero-order chi connectivity index (χ0) is 29.0. The molecule has 0 bridgehead atoms. The minimum atomic E-state index is 0.667. The Kier molecular flexibility index (Phi) is 5.64. The van der Waals surface area contributed by atoms with E-state index in [1.54, 1.807) is 0 Å². The molecule has 0 saturated carbocycles. The molecule has 9 aromatic rings. The summed E-state index contributed by atoms with van der Waals surface area (Å²) in [5.41, 5.74) is 6.50. The van der Waals surface area contributed by atoms with Gasteiger partial charge in [0.15, 0.2) is 17.5 Å². The molecule has 0 aliphatic heterocycles. The van der Waals surface area contributed by atoms with Gasteiger partial charge in [-0.25, -0.2) is 15.0 Å². The smallest absolute Gasteiger partial charge is 0.164 e. The molecule has 0 fully saturated rings. The van der Waals surface area contributed by atoms with E-state index in [4.69, 9.17) is 15.0 Å². The molecule has 0 N–H and O–H groups in total. The second kappa shape index (κ2) is 9.97. The summed E-state index contributed by atoms with van der Waals surface area (Å²) in [5, 5.41) is 4.98. The van der Waals surface area contributed by atoms with Gasteiger partial charge in [0.05, 0.1) is 11.0 Å². The molecule has 3 aromatic heterocycles. The first-order valence-electron chi connectivity index (χ1n) is 14.6. The molecule has 0 aliphatic rings. The number of hydrogen-bond acceptors (Lipinski definition) is 4.